The summed E-state index contributed by atoms with van der Waals surface area (Å²) in [6.45, 7) is 1.17. The minimum atomic E-state index is 0.407. The summed E-state index contributed by atoms with van der Waals surface area (Å²) in [4.78, 5) is 0. The van der Waals surface area contributed by atoms with Crippen molar-refractivity contribution in [2.24, 2.45) is 0 Å². The van der Waals surface area contributed by atoms with E-state index in [1.165, 1.54) is 43.0 Å². The highest BCUT2D eigenvalue weighted by Crippen LogP contribution is 2.07. The van der Waals surface area contributed by atoms with Crippen LogP contribution in [0.3, 0.4) is 0 Å². The predicted octanol–water partition coefficient (Wildman–Crippen LogP) is 4.33. The fraction of sp³-hybridized carbons (Fsp3) is 0.846. The van der Waals surface area contributed by atoms with E-state index in [4.69, 9.17) is 9.47 Å². The topological polar surface area (TPSA) is 18.5 Å². The number of allylic oxidation sites excluding steroid dienone is 1. The molecule has 0 aromatic heterocycles. The molecule has 0 unspecified atom stereocenters. The lowest BCUT2D eigenvalue weighted by atomic mass is 10.1. The fourth-order valence-corrected chi connectivity index (χ4v) is 1.96. The molecule has 0 N–H and O–H groups in total. The highest BCUT2D eigenvalue weighted by atomic mass is 127. The van der Waals surface area contributed by atoms with Gasteiger partial charge in [-0.15, -0.1) is 0 Å². The number of hydrogen-bond acceptors (Lipinski definition) is 2. The lowest BCUT2D eigenvalue weighted by Gasteiger charge is -1.99. The van der Waals surface area contributed by atoms with Gasteiger partial charge in [-0.3, -0.25) is 0 Å². The minimum absolute atomic E-state index is 0.407. The first kappa shape index (κ1) is 16.4. The molecule has 0 spiro atoms. The molecular weight excluding hydrogens is 315 g/mol. The highest BCUT2D eigenvalue weighted by molar-refractivity contribution is 14.1. The summed E-state index contributed by atoms with van der Waals surface area (Å²) in [5.74, 6) is 0. The molecule has 0 aromatic carbocycles. The maximum Gasteiger partial charge on any atom is 0.146 e. The SMILES string of the molecule is COCOCC/C=C\CCCCCCCI. The minimum Gasteiger partial charge on any atom is -0.359 e. The van der Waals surface area contributed by atoms with E-state index >= 15 is 0 Å². The first-order chi connectivity index (χ1) is 7.91. The Morgan fingerprint density at radius 2 is 1.62 bits per heavy atom. The number of alkyl halides is 1. The van der Waals surface area contributed by atoms with Crippen LogP contribution in [0.15, 0.2) is 12.2 Å². The van der Waals surface area contributed by atoms with Gasteiger partial charge in [0.25, 0.3) is 0 Å². The van der Waals surface area contributed by atoms with Crippen molar-refractivity contribution in [1.82, 2.24) is 0 Å². The van der Waals surface area contributed by atoms with Gasteiger partial charge in [0.05, 0.1) is 6.61 Å². The molecule has 0 fully saturated rings. The van der Waals surface area contributed by atoms with E-state index in [1.54, 1.807) is 7.11 Å². The molecule has 3 heteroatoms. The average molecular weight is 340 g/mol. The Morgan fingerprint density at radius 3 is 2.38 bits per heavy atom. The smallest absolute Gasteiger partial charge is 0.146 e. The van der Waals surface area contributed by atoms with Crippen LogP contribution in [0.4, 0.5) is 0 Å². The molecule has 0 atom stereocenters. The van der Waals surface area contributed by atoms with Gasteiger partial charge >= 0.3 is 0 Å². The number of hydrogen-bond donors (Lipinski definition) is 0. The van der Waals surface area contributed by atoms with Gasteiger partial charge in [-0.25, -0.2) is 0 Å². The van der Waals surface area contributed by atoms with E-state index in [-0.39, 0.29) is 0 Å². The molecule has 0 bridgehead atoms. The van der Waals surface area contributed by atoms with Gasteiger partial charge in [0.1, 0.15) is 6.79 Å². The molecule has 0 saturated heterocycles. The second-order valence-corrected chi connectivity index (χ2v) is 4.90. The molecule has 0 aromatic rings. The van der Waals surface area contributed by atoms with Crippen LogP contribution in [-0.2, 0) is 9.47 Å². The Labute approximate surface area is 114 Å². The number of methoxy groups -OCH3 is 1. The molecule has 16 heavy (non-hydrogen) atoms. The lowest BCUT2D eigenvalue weighted by Crippen LogP contribution is -1.96. The second kappa shape index (κ2) is 15.4. The molecule has 0 heterocycles. The Balaban J connectivity index is 2.98. The summed E-state index contributed by atoms with van der Waals surface area (Å²) in [6.07, 6.45) is 13.6. The third-order valence-electron chi connectivity index (χ3n) is 2.30. The first-order valence-corrected chi connectivity index (χ1v) is 7.72. The van der Waals surface area contributed by atoms with Crippen molar-refractivity contribution in [3.63, 3.8) is 0 Å². The molecular formula is C13H25IO2. The zero-order chi connectivity index (χ0) is 11.9. The van der Waals surface area contributed by atoms with E-state index in [2.05, 4.69) is 34.7 Å². The summed E-state index contributed by atoms with van der Waals surface area (Å²) >= 11 is 2.45. The van der Waals surface area contributed by atoms with Crippen LogP contribution in [0.1, 0.15) is 44.9 Å². The molecule has 0 saturated carbocycles. The van der Waals surface area contributed by atoms with Crippen LogP contribution in [0, 0.1) is 0 Å². The molecule has 96 valence electrons. The summed E-state index contributed by atoms with van der Waals surface area (Å²) in [7, 11) is 1.65. The van der Waals surface area contributed by atoms with E-state index < -0.39 is 0 Å². The normalized spacial score (nSPS) is 11.4. The van der Waals surface area contributed by atoms with Crippen LogP contribution in [0.5, 0.6) is 0 Å². The quantitative estimate of drug-likeness (QED) is 0.173. The predicted molar refractivity (Wildman–Crippen MR) is 78.2 cm³/mol. The fourth-order valence-electron chi connectivity index (χ4n) is 1.42. The van der Waals surface area contributed by atoms with Crippen molar-refractivity contribution in [3.05, 3.63) is 12.2 Å². The Morgan fingerprint density at radius 1 is 0.938 bits per heavy atom. The van der Waals surface area contributed by atoms with E-state index in [0.717, 1.165) is 13.0 Å². The van der Waals surface area contributed by atoms with Crippen LogP contribution in [-0.4, -0.2) is 24.9 Å². The van der Waals surface area contributed by atoms with E-state index in [1.807, 2.05) is 0 Å². The van der Waals surface area contributed by atoms with Crippen LogP contribution in [0.25, 0.3) is 0 Å². The van der Waals surface area contributed by atoms with Gasteiger partial charge < -0.3 is 9.47 Å². The van der Waals surface area contributed by atoms with Crippen molar-refractivity contribution in [1.29, 1.82) is 0 Å². The lowest BCUT2D eigenvalue weighted by molar-refractivity contribution is -0.0285. The van der Waals surface area contributed by atoms with Crippen molar-refractivity contribution < 1.29 is 9.47 Å². The summed E-state index contributed by atoms with van der Waals surface area (Å²) < 4.78 is 11.3. The van der Waals surface area contributed by atoms with Gasteiger partial charge in [-0.05, 0) is 30.1 Å². The summed E-state index contributed by atoms with van der Waals surface area (Å²) in [5.41, 5.74) is 0. The first-order valence-electron chi connectivity index (χ1n) is 6.19. The molecule has 0 radical (unpaired) electrons. The van der Waals surface area contributed by atoms with Gasteiger partial charge in [-0.1, -0.05) is 54.0 Å². The van der Waals surface area contributed by atoms with Crippen LogP contribution in [0.2, 0.25) is 0 Å². The summed E-state index contributed by atoms with van der Waals surface area (Å²) in [5, 5.41) is 0. The number of rotatable bonds is 12. The Bertz CT molecular complexity index is 149. The Hall–Kier alpha value is 0.390. The maximum absolute atomic E-state index is 5.18. The van der Waals surface area contributed by atoms with Crippen LogP contribution < -0.4 is 0 Å². The maximum atomic E-state index is 5.18. The van der Waals surface area contributed by atoms with Gasteiger partial charge in [-0.2, -0.15) is 0 Å². The zero-order valence-corrected chi connectivity index (χ0v) is 12.6. The van der Waals surface area contributed by atoms with Crippen molar-refractivity contribution >= 4 is 22.6 Å². The standard InChI is InChI=1S/C13H25IO2/c1-15-13-16-12-10-8-6-4-2-3-5-7-9-11-14/h6,8H,2-5,7,9-13H2,1H3/b8-6-. The monoisotopic (exact) mass is 340 g/mol. The average Bonchev–Trinajstić information content (AvgIpc) is 2.31. The zero-order valence-electron chi connectivity index (χ0n) is 10.4. The van der Waals surface area contributed by atoms with Gasteiger partial charge in [0.15, 0.2) is 0 Å². The highest BCUT2D eigenvalue weighted by Gasteiger charge is 1.88. The number of unbranched alkanes of at least 4 members (excludes halogenated alkanes) is 5. The molecule has 2 nitrogen and oxygen atoms in total. The third-order valence-corrected chi connectivity index (χ3v) is 3.06. The molecule has 0 aliphatic heterocycles. The van der Waals surface area contributed by atoms with Crippen molar-refractivity contribution in [2.75, 3.05) is 24.9 Å². The third kappa shape index (κ3) is 14.4. The number of ether oxygens (including phenoxy) is 2. The van der Waals surface area contributed by atoms with E-state index in [9.17, 15) is 0 Å². The van der Waals surface area contributed by atoms with E-state index in [0.29, 0.717) is 6.79 Å². The second-order valence-electron chi connectivity index (χ2n) is 3.82. The molecule has 0 aliphatic carbocycles. The van der Waals surface area contributed by atoms with Crippen molar-refractivity contribution in [3.8, 4) is 0 Å². The Kier molecular flexibility index (Phi) is 15.8. The van der Waals surface area contributed by atoms with Crippen molar-refractivity contribution in [2.45, 2.75) is 44.9 Å². The largest absolute Gasteiger partial charge is 0.359 e. The van der Waals surface area contributed by atoms with Gasteiger partial charge in [0, 0.05) is 7.11 Å². The molecule has 0 amide bonds. The summed E-state index contributed by atoms with van der Waals surface area (Å²) in [6, 6.07) is 0. The van der Waals surface area contributed by atoms with Crippen LogP contribution >= 0.6 is 22.6 Å². The molecule has 0 aliphatic rings. The number of halogens is 1. The van der Waals surface area contributed by atoms with Gasteiger partial charge in [0.2, 0.25) is 0 Å². The molecule has 0 rings (SSSR count).